The Labute approximate surface area is 106 Å². The van der Waals surface area contributed by atoms with Gasteiger partial charge in [-0.25, -0.2) is 0 Å². The average molecular weight is 253 g/mol. The van der Waals surface area contributed by atoms with Crippen molar-refractivity contribution in [3.05, 3.63) is 21.4 Å². The van der Waals surface area contributed by atoms with Gasteiger partial charge in [-0.15, -0.1) is 11.3 Å². The molecular weight excluding hydrogens is 234 g/mol. The molecule has 0 saturated carbocycles. The van der Waals surface area contributed by atoms with E-state index < -0.39 is 0 Å². The molecule has 17 heavy (non-hydrogen) atoms. The van der Waals surface area contributed by atoms with Crippen LogP contribution >= 0.6 is 11.3 Å². The molecule has 94 valence electrons. The largest absolute Gasteiger partial charge is 0.391 e. The number of nitrogens with zero attached hydrogens (tertiary/aromatic N) is 1. The zero-order valence-corrected chi connectivity index (χ0v) is 11.2. The SMILES string of the molecule is CCCc1cc(C(=O)N2CC[C@@H](O)C2)sc1C. The summed E-state index contributed by atoms with van der Waals surface area (Å²) in [7, 11) is 0. The summed E-state index contributed by atoms with van der Waals surface area (Å²) in [6.45, 7) is 5.39. The smallest absolute Gasteiger partial charge is 0.264 e. The Morgan fingerprint density at radius 1 is 1.65 bits per heavy atom. The van der Waals surface area contributed by atoms with E-state index in [-0.39, 0.29) is 12.0 Å². The van der Waals surface area contributed by atoms with Gasteiger partial charge in [0.25, 0.3) is 5.91 Å². The van der Waals surface area contributed by atoms with E-state index in [0.29, 0.717) is 19.5 Å². The Morgan fingerprint density at radius 2 is 2.41 bits per heavy atom. The number of aliphatic hydroxyl groups excluding tert-OH is 1. The second-order valence-corrected chi connectivity index (χ2v) is 5.89. The number of hydrogen-bond donors (Lipinski definition) is 1. The van der Waals surface area contributed by atoms with E-state index in [9.17, 15) is 9.90 Å². The van der Waals surface area contributed by atoms with Crippen LogP contribution in [0.4, 0.5) is 0 Å². The highest BCUT2D eigenvalue weighted by Gasteiger charge is 2.26. The van der Waals surface area contributed by atoms with Gasteiger partial charge >= 0.3 is 0 Å². The molecule has 3 nitrogen and oxygen atoms in total. The second-order valence-electron chi connectivity index (χ2n) is 4.64. The number of carbonyl (C=O) groups is 1. The number of β-amino-alcohol motifs (C(OH)–C–C–N with tert-alkyl or cyclic N) is 1. The van der Waals surface area contributed by atoms with Crippen molar-refractivity contribution >= 4 is 17.2 Å². The van der Waals surface area contributed by atoms with Crippen LogP contribution in [0.1, 0.15) is 39.9 Å². The van der Waals surface area contributed by atoms with E-state index in [0.717, 1.165) is 17.7 Å². The molecule has 1 saturated heterocycles. The van der Waals surface area contributed by atoms with Crippen molar-refractivity contribution in [2.45, 2.75) is 39.2 Å². The molecule has 1 atom stereocenters. The minimum Gasteiger partial charge on any atom is -0.391 e. The van der Waals surface area contributed by atoms with Crippen LogP contribution in [0, 0.1) is 6.92 Å². The van der Waals surface area contributed by atoms with Crippen LogP contribution in [0.2, 0.25) is 0 Å². The van der Waals surface area contributed by atoms with Gasteiger partial charge in [0, 0.05) is 18.0 Å². The van der Waals surface area contributed by atoms with Gasteiger partial charge in [-0.1, -0.05) is 13.3 Å². The molecule has 0 unspecified atom stereocenters. The molecule has 1 aliphatic heterocycles. The number of likely N-dealkylation sites (tertiary alicyclic amines) is 1. The maximum absolute atomic E-state index is 12.2. The molecule has 0 spiro atoms. The first-order valence-electron chi connectivity index (χ1n) is 6.18. The maximum Gasteiger partial charge on any atom is 0.264 e. The van der Waals surface area contributed by atoms with Crippen LogP contribution < -0.4 is 0 Å². The third kappa shape index (κ3) is 2.69. The molecule has 1 aromatic rings. The van der Waals surface area contributed by atoms with Gasteiger partial charge < -0.3 is 10.0 Å². The summed E-state index contributed by atoms with van der Waals surface area (Å²) in [5, 5.41) is 9.45. The zero-order valence-electron chi connectivity index (χ0n) is 10.4. The highest BCUT2D eigenvalue weighted by Crippen LogP contribution is 2.25. The number of hydrogen-bond acceptors (Lipinski definition) is 3. The molecule has 4 heteroatoms. The van der Waals surface area contributed by atoms with Crippen molar-refractivity contribution in [3.63, 3.8) is 0 Å². The summed E-state index contributed by atoms with van der Waals surface area (Å²) < 4.78 is 0. The monoisotopic (exact) mass is 253 g/mol. The first kappa shape index (κ1) is 12.6. The third-order valence-electron chi connectivity index (χ3n) is 3.20. The summed E-state index contributed by atoms with van der Waals surface area (Å²) in [6, 6.07) is 2.02. The third-order valence-corrected chi connectivity index (χ3v) is 4.28. The summed E-state index contributed by atoms with van der Waals surface area (Å²) in [4.78, 5) is 16.0. The lowest BCUT2D eigenvalue weighted by Gasteiger charge is -2.13. The molecule has 1 fully saturated rings. The van der Waals surface area contributed by atoms with Gasteiger partial charge in [0.2, 0.25) is 0 Å². The number of aliphatic hydroxyl groups is 1. The molecule has 1 N–H and O–H groups in total. The van der Waals surface area contributed by atoms with Gasteiger partial charge in [-0.2, -0.15) is 0 Å². The Morgan fingerprint density at radius 3 is 3.00 bits per heavy atom. The van der Waals surface area contributed by atoms with Crippen molar-refractivity contribution in [1.29, 1.82) is 0 Å². The highest BCUT2D eigenvalue weighted by molar-refractivity contribution is 7.14. The fourth-order valence-corrected chi connectivity index (χ4v) is 3.26. The summed E-state index contributed by atoms with van der Waals surface area (Å²) in [5.74, 6) is 0.0806. The molecule has 0 bridgehead atoms. The van der Waals surface area contributed by atoms with E-state index in [1.807, 2.05) is 6.07 Å². The van der Waals surface area contributed by atoms with Crippen LogP contribution in [0.15, 0.2) is 6.07 Å². The fraction of sp³-hybridized carbons (Fsp3) is 0.615. The van der Waals surface area contributed by atoms with E-state index in [1.54, 1.807) is 16.2 Å². The van der Waals surface area contributed by atoms with E-state index in [4.69, 9.17) is 0 Å². The first-order valence-corrected chi connectivity index (χ1v) is 7.00. The van der Waals surface area contributed by atoms with Crippen LogP contribution in [0.3, 0.4) is 0 Å². The van der Waals surface area contributed by atoms with Crippen molar-refractivity contribution in [1.82, 2.24) is 4.90 Å². The molecular formula is C13H19NO2S. The van der Waals surface area contributed by atoms with E-state index in [2.05, 4.69) is 13.8 Å². The van der Waals surface area contributed by atoms with Crippen molar-refractivity contribution in [2.24, 2.45) is 0 Å². The molecule has 2 rings (SSSR count). The molecule has 1 amide bonds. The van der Waals surface area contributed by atoms with Crippen molar-refractivity contribution in [3.8, 4) is 0 Å². The lowest BCUT2D eigenvalue weighted by atomic mass is 10.1. The van der Waals surface area contributed by atoms with Crippen LogP contribution in [0.25, 0.3) is 0 Å². The second kappa shape index (κ2) is 5.19. The van der Waals surface area contributed by atoms with Gasteiger partial charge in [0.15, 0.2) is 0 Å². The Balaban J connectivity index is 2.11. The predicted octanol–water partition coefficient (Wildman–Crippen LogP) is 2.22. The Hall–Kier alpha value is -0.870. The average Bonchev–Trinajstić information content (AvgIpc) is 2.86. The molecule has 0 aliphatic carbocycles. The lowest BCUT2D eigenvalue weighted by molar-refractivity contribution is 0.0769. The van der Waals surface area contributed by atoms with E-state index >= 15 is 0 Å². The highest BCUT2D eigenvalue weighted by atomic mass is 32.1. The van der Waals surface area contributed by atoms with Gasteiger partial charge in [0.1, 0.15) is 0 Å². The standard InChI is InChI=1S/C13H19NO2S/c1-3-4-10-7-12(17-9(10)2)13(16)14-6-5-11(15)8-14/h7,11,15H,3-6,8H2,1-2H3/t11-/m1/s1. The molecule has 0 aromatic carbocycles. The van der Waals surface area contributed by atoms with Gasteiger partial charge in [-0.3, -0.25) is 4.79 Å². The quantitative estimate of drug-likeness (QED) is 0.897. The Bertz CT molecular complexity index is 414. The van der Waals surface area contributed by atoms with Crippen molar-refractivity contribution in [2.75, 3.05) is 13.1 Å². The fourth-order valence-electron chi connectivity index (χ4n) is 2.22. The molecule has 1 aliphatic rings. The zero-order chi connectivity index (χ0) is 12.4. The number of thiophene rings is 1. The van der Waals surface area contributed by atoms with Gasteiger partial charge in [0.05, 0.1) is 11.0 Å². The van der Waals surface area contributed by atoms with Crippen LogP contribution in [-0.4, -0.2) is 35.1 Å². The molecule has 2 heterocycles. The minimum absolute atomic E-state index is 0.0806. The summed E-state index contributed by atoms with van der Waals surface area (Å²) >= 11 is 1.58. The number of amides is 1. The predicted molar refractivity (Wildman–Crippen MR) is 69.6 cm³/mol. The van der Waals surface area contributed by atoms with E-state index in [1.165, 1.54) is 10.4 Å². The van der Waals surface area contributed by atoms with Crippen LogP contribution in [-0.2, 0) is 6.42 Å². The molecule has 1 aromatic heterocycles. The number of aryl methyl sites for hydroxylation is 2. The first-order chi connectivity index (χ1) is 8.11. The van der Waals surface area contributed by atoms with Crippen molar-refractivity contribution < 1.29 is 9.90 Å². The van der Waals surface area contributed by atoms with Gasteiger partial charge in [-0.05, 0) is 31.4 Å². The maximum atomic E-state index is 12.2. The van der Waals surface area contributed by atoms with Crippen LogP contribution in [0.5, 0.6) is 0 Å². The minimum atomic E-state index is -0.338. The molecule has 0 radical (unpaired) electrons. The summed E-state index contributed by atoms with van der Waals surface area (Å²) in [6.07, 6.45) is 2.51. The topological polar surface area (TPSA) is 40.5 Å². The summed E-state index contributed by atoms with van der Waals surface area (Å²) in [5.41, 5.74) is 1.29. The Kier molecular flexibility index (Phi) is 3.84. The normalized spacial score (nSPS) is 19.9. The number of carbonyl (C=O) groups excluding carboxylic acids is 1. The number of rotatable bonds is 3. The lowest BCUT2D eigenvalue weighted by Crippen LogP contribution is -2.28.